The maximum atomic E-state index is 12.9. The molecule has 1 heterocycles. The first-order valence-electron chi connectivity index (χ1n) is 8.30. The van der Waals surface area contributed by atoms with Crippen molar-refractivity contribution in [1.82, 2.24) is 0 Å². The van der Waals surface area contributed by atoms with E-state index in [1.54, 1.807) is 47.6 Å². The Labute approximate surface area is 162 Å². The number of nitriles is 1. The number of hydrogen-bond donors (Lipinski definition) is 0. The van der Waals surface area contributed by atoms with Crippen molar-refractivity contribution in [3.8, 4) is 17.6 Å². The lowest BCUT2D eigenvalue weighted by atomic mass is 10.2. The van der Waals surface area contributed by atoms with Crippen molar-refractivity contribution in [2.45, 2.75) is 6.54 Å². The maximum Gasteiger partial charge on any atom is 0.265 e. The third-order valence-corrected chi connectivity index (χ3v) is 4.80. The van der Waals surface area contributed by atoms with E-state index >= 15 is 0 Å². The van der Waals surface area contributed by atoms with E-state index in [1.807, 2.05) is 41.8 Å². The third-order valence-electron chi connectivity index (χ3n) is 3.94. The fraction of sp³-hybridized carbons (Fsp3) is 0.143. The topological polar surface area (TPSA) is 62.6 Å². The van der Waals surface area contributed by atoms with Crippen LogP contribution in [0.5, 0.6) is 11.5 Å². The predicted molar refractivity (Wildman–Crippen MR) is 105 cm³/mol. The van der Waals surface area contributed by atoms with Crippen LogP contribution in [0.2, 0.25) is 0 Å². The summed E-state index contributed by atoms with van der Waals surface area (Å²) in [7, 11) is 1.60. The van der Waals surface area contributed by atoms with Crippen LogP contribution in [0.25, 0.3) is 0 Å². The molecular weight excluding hydrogens is 360 g/mol. The molecule has 5 nitrogen and oxygen atoms in total. The summed E-state index contributed by atoms with van der Waals surface area (Å²) in [6.45, 7) is 0.294. The van der Waals surface area contributed by atoms with Crippen LogP contribution in [-0.2, 0) is 11.3 Å². The zero-order valence-corrected chi connectivity index (χ0v) is 15.6. The molecule has 0 N–H and O–H groups in total. The monoisotopic (exact) mass is 378 g/mol. The minimum Gasteiger partial charge on any atom is -0.497 e. The number of amides is 1. The molecule has 27 heavy (non-hydrogen) atoms. The number of rotatable bonds is 7. The minimum absolute atomic E-state index is 0.157. The van der Waals surface area contributed by atoms with E-state index in [4.69, 9.17) is 14.7 Å². The summed E-state index contributed by atoms with van der Waals surface area (Å²) in [6.07, 6.45) is 0. The van der Waals surface area contributed by atoms with Crippen LogP contribution in [0.4, 0.5) is 5.69 Å². The molecule has 0 bridgehead atoms. The normalized spacial score (nSPS) is 10.1. The Hall–Kier alpha value is -3.30. The quantitative estimate of drug-likeness (QED) is 0.617. The van der Waals surface area contributed by atoms with E-state index in [0.717, 1.165) is 16.3 Å². The number of anilines is 1. The van der Waals surface area contributed by atoms with Crippen LogP contribution < -0.4 is 14.4 Å². The second kappa shape index (κ2) is 8.88. The zero-order chi connectivity index (χ0) is 19.1. The van der Waals surface area contributed by atoms with Crippen molar-refractivity contribution < 1.29 is 14.3 Å². The summed E-state index contributed by atoms with van der Waals surface area (Å²) in [6, 6.07) is 20.2. The molecular formula is C21H18N2O3S. The molecule has 0 fully saturated rings. The van der Waals surface area contributed by atoms with Gasteiger partial charge >= 0.3 is 0 Å². The number of methoxy groups -OCH3 is 1. The van der Waals surface area contributed by atoms with Crippen molar-refractivity contribution in [2.75, 3.05) is 18.6 Å². The van der Waals surface area contributed by atoms with Gasteiger partial charge in [-0.25, -0.2) is 0 Å². The molecule has 0 aliphatic carbocycles. The first-order chi connectivity index (χ1) is 13.2. The molecule has 0 saturated heterocycles. The molecule has 0 aliphatic rings. The predicted octanol–water partition coefficient (Wildman–Crippen LogP) is 4.24. The van der Waals surface area contributed by atoms with Crippen LogP contribution in [-0.4, -0.2) is 19.6 Å². The van der Waals surface area contributed by atoms with Gasteiger partial charge in [0.2, 0.25) is 0 Å². The van der Waals surface area contributed by atoms with E-state index in [2.05, 4.69) is 6.07 Å². The van der Waals surface area contributed by atoms with Gasteiger partial charge in [-0.15, -0.1) is 11.3 Å². The Morgan fingerprint density at radius 2 is 1.89 bits per heavy atom. The van der Waals surface area contributed by atoms with Crippen molar-refractivity contribution in [2.24, 2.45) is 0 Å². The molecule has 0 saturated carbocycles. The Kier molecular flexibility index (Phi) is 6.08. The zero-order valence-electron chi connectivity index (χ0n) is 14.8. The van der Waals surface area contributed by atoms with Crippen LogP contribution in [0.1, 0.15) is 10.4 Å². The summed E-state index contributed by atoms with van der Waals surface area (Å²) in [5.74, 6) is 0.932. The van der Waals surface area contributed by atoms with E-state index in [9.17, 15) is 4.79 Å². The minimum atomic E-state index is -0.193. The van der Waals surface area contributed by atoms with Gasteiger partial charge < -0.3 is 14.4 Å². The van der Waals surface area contributed by atoms with Crippen LogP contribution in [0, 0.1) is 11.3 Å². The number of thiophene rings is 1. The molecule has 2 aromatic carbocycles. The number of carbonyl (C=O) groups is 1. The number of para-hydroxylation sites is 1. The molecule has 1 amide bonds. The number of nitrogens with zero attached hydrogens (tertiary/aromatic N) is 2. The summed E-state index contributed by atoms with van der Waals surface area (Å²) in [5, 5.41) is 11.1. The van der Waals surface area contributed by atoms with Gasteiger partial charge in [-0.3, -0.25) is 4.79 Å². The summed E-state index contributed by atoms with van der Waals surface area (Å²) >= 11 is 1.59. The molecule has 1 aromatic heterocycles. The molecule has 6 heteroatoms. The number of benzene rings is 2. The van der Waals surface area contributed by atoms with Gasteiger partial charge in [0.15, 0.2) is 6.61 Å². The highest BCUT2D eigenvalue weighted by molar-refractivity contribution is 7.09. The molecule has 0 radical (unpaired) electrons. The molecule has 136 valence electrons. The molecule has 0 spiro atoms. The van der Waals surface area contributed by atoms with Crippen LogP contribution in [0.3, 0.4) is 0 Å². The van der Waals surface area contributed by atoms with Gasteiger partial charge in [-0.1, -0.05) is 18.2 Å². The van der Waals surface area contributed by atoms with Crippen molar-refractivity contribution in [1.29, 1.82) is 5.26 Å². The highest BCUT2D eigenvalue weighted by atomic mass is 32.1. The summed E-state index contributed by atoms with van der Waals surface area (Å²) < 4.78 is 10.8. The number of carbonyl (C=O) groups excluding carboxylic acids is 1. The highest BCUT2D eigenvalue weighted by Crippen LogP contribution is 2.23. The van der Waals surface area contributed by atoms with E-state index < -0.39 is 0 Å². The molecule has 3 aromatic rings. The Bertz CT molecular complexity index is 931. The van der Waals surface area contributed by atoms with Gasteiger partial charge in [0.25, 0.3) is 5.91 Å². The van der Waals surface area contributed by atoms with Crippen molar-refractivity contribution in [3.05, 3.63) is 76.5 Å². The Balaban J connectivity index is 1.78. The standard InChI is InChI=1S/C21H18N2O3S/c1-25-18-10-8-17(9-11-18)23(14-19-6-4-12-27-19)21(24)15-26-20-7-3-2-5-16(20)13-22/h2-12H,14-15H2,1H3. The molecule has 0 aliphatic heterocycles. The SMILES string of the molecule is COc1ccc(N(Cc2cccs2)C(=O)COc2ccccc2C#N)cc1. The van der Waals surface area contributed by atoms with Gasteiger partial charge in [0.05, 0.1) is 19.2 Å². The summed E-state index contributed by atoms with van der Waals surface area (Å²) in [5.41, 5.74) is 1.16. The Morgan fingerprint density at radius 1 is 1.11 bits per heavy atom. The largest absolute Gasteiger partial charge is 0.497 e. The second-order valence-electron chi connectivity index (χ2n) is 5.65. The number of hydrogen-bond acceptors (Lipinski definition) is 5. The van der Waals surface area contributed by atoms with Gasteiger partial charge in [-0.2, -0.15) is 5.26 Å². The lowest BCUT2D eigenvalue weighted by Gasteiger charge is -2.23. The average molecular weight is 378 g/mol. The summed E-state index contributed by atoms with van der Waals surface area (Å²) in [4.78, 5) is 15.6. The molecule has 3 rings (SSSR count). The second-order valence-corrected chi connectivity index (χ2v) is 6.69. The lowest BCUT2D eigenvalue weighted by molar-refractivity contribution is -0.120. The van der Waals surface area contributed by atoms with Crippen LogP contribution >= 0.6 is 11.3 Å². The first kappa shape index (κ1) is 18.5. The highest BCUT2D eigenvalue weighted by Gasteiger charge is 2.18. The van der Waals surface area contributed by atoms with E-state index in [-0.39, 0.29) is 12.5 Å². The molecule has 0 unspecified atom stereocenters. The fourth-order valence-corrected chi connectivity index (χ4v) is 3.24. The van der Waals surface area contributed by atoms with Gasteiger partial charge in [-0.05, 0) is 47.8 Å². The maximum absolute atomic E-state index is 12.9. The molecule has 0 atom stereocenters. The van der Waals surface area contributed by atoms with E-state index in [1.165, 1.54) is 0 Å². The fourth-order valence-electron chi connectivity index (χ4n) is 2.55. The van der Waals surface area contributed by atoms with Gasteiger partial charge in [0.1, 0.15) is 17.6 Å². The van der Waals surface area contributed by atoms with Crippen LogP contribution in [0.15, 0.2) is 66.0 Å². The van der Waals surface area contributed by atoms with Crippen molar-refractivity contribution >= 4 is 22.9 Å². The smallest absolute Gasteiger partial charge is 0.265 e. The first-order valence-corrected chi connectivity index (χ1v) is 9.18. The van der Waals surface area contributed by atoms with Gasteiger partial charge in [0, 0.05) is 10.6 Å². The number of ether oxygens (including phenoxy) is 2. The average Bonchev–Trinajstić information content (AvgIpc) is 3.24. The third kappa shape index (κ3) is 4.66. The van der Waals surface area contributed by atoms with Crippen molar-refractivity contribution in [3.63, 3.8) is 0 Å². The Morgan fingerprint density at radius 3 is 2.56 bits per heavy atom. The lowest BCUT2D eigenvalue weighted by Crippen LogP contribution is -2.34. The van der Waals surface area contributed by atoms with E-state index in [0.29, 0.717) is 17.9 Å².